The first-order valence-electron chi connectivity index (χ1n) is 23.1. The highest BCUT2D eigenvalue weighted by Gasteiger charge is 2.45. The molecule has 0 amide bonds. The van der Waals surface area contributed by atoms with Gasteiger partial charge in [-0.15, -0.1) is 0 Å². The lowest BCUT2D eigenvalue weighted by atomic mass is 9.33. The minimum absolute atomic E-state index is 0.0122. The van der Waals surface area contributed by atoms with E-state index >= 15 is 0 Å². The summed E-state index contributed by atoms with van der Waals surface area (Å²) in [5.74, 6) is 0. The smallest absolute Gasteiger partial charge is 0.252 e. The molecule has 0 saturated carbocycles. The molecule has 0 aliphatic carbocycles. The normalized spacial score (nSPS) is 13.8. The second-order valence-electron chi connectivity index (χ2n) is 21.4. The maximum Gasteiger partial charge on any atom is 0.252 e. The zero-order valence-corrected chi connectivity index (χ0v) is 38.8. The Bertz CT molecular complexity index is 3570. The van der Waals surface area contributed by atoms with Crippen LogP contribution < -0.4 is 26.2 Å². The molecule has 5 heteroatoms. The first-order valence-corrected chi connectivity index (χ1v) is 23.1. The molecule has 0 radical (unpaired) electrons. The van der Waals surface area contributed by atoms with Crippen molar-refractivity contribution in [3.63, 3.8) is 0 Å². The summed E-state index contributed by atoms with van der Waals surface area (Å²) in [7, 11) is 0. The third-order valence-corrected chi connectivity index (χ3v) is 14.1. The minimum Gasteiger partial charge on any atom is -0.456 e. The molecule has 4 heterocycles. The highest BCUT2D eigenvalue weighted by Crippen LogP contribution is 2.49. The number of benzene rings is 8. The zero-order valence-electron chi connectivity index (χ0n) is 38.8. The minimum atomic E-state index is -0.143. The van der Waals surface area contributed by atoms with Crippen LogP contribution in [0.5, 0.6) is 0 Å². The Hall–Kier alpha value is -6.98. The molecule has 4 nitrogen and oxygen atoms in total. The van der Waals surface area contributed by atoms with Crippen LogP contribution in [0.3, 0.4) is 0 Å². The van der Waals surface area contributed by atoms with E-state index < -0.39 is 0 Å². The number of nitrogens with zero attached hydrogens (tertiary/aromatic N) is 2. The van der Waals surface area contributed by atoms with Crippen LogP contribution in [0.25, 0.3) is 55.0 Å². The summed E-state index contributed by atoms with van der Waals surface area (Å²) >= 11 is 0. The van der Waals surface area contributed by atoms with E-state index in [1.54, 1.807) is 0 Å². The van der Waals surface area contributed by atoms with Crippen LogP contribution in [0, 0.1) is 0 Å². The molecule has 8 aromatic carbocycles. The lowest BCUT2D eigenvalue weighted by Gasteiger charge is -2.45. The quantitative estimate of drug-likeness (QED) is 0.166. The van der Waals surface area contributed by atoms with E-state index in [0.29, 0.717) is 0 Å². The molecule has 65 heavy (non-hydrogen) atoms. The summed E-state index contributed by atoms with van der Waals surface area (Å²) < 4.78 is 13.1. The Morgan fingerprint density at radius 3 is 1.52 bits per heavy atom. The van der Waals surface area contributed by atoms with Crippen molar-refractivity contribution in [1.82, 2.24) is 0 Å². The Morgan fingerprint density at radius 2 is 0.892 bits per heavy atom. The first-order chi connectivity index (χ1) is 31.1. The van der Waals surface area contributed by atoms with Gasteiger partial charge in [0.05, 0.1) is 5.69 Å². The first kappa shape index (κ1) is 39.6. The highest BCUT2D eigenvalue weighted by atomic mass is 16.3. The molecule has 0 unspecified atom stereocenters. The van der Waals surface area contributed by atoms with Gasteiger partial charge in [-0.25, -0.2) is 0 Å². The lowest BCUT2D eigenvalue weighted by Crippen LogP contribution is -2.61. The van der Waals surface area contributed by atoms with E-state index in [0.717, 1.165) is 55.3 Å². The van der Waals surface area contributed by atoms with Crippen LogP contribution in [0.15, 0.2) is 167 Å². The standard InChI is InChI=1S/C60H53BN2O2/c1-58(2,3)38-24-28-48-46(32-38)61-47-33-39(59(4,5)6)25-29-49(47)63(50-18-14-17-44-42-15-10-13-20-54(42)65-57(44)50)52-35-40(60(7,8)9)34-51(56(52)61)62(48)41-26-21-36(22-27-41)37-23-30-55-45(31-37)43-16-11-12-19-53(43)64-55/h10-35H,1-9H3. The van der Waals surface area contributed by atoms with Crippen LogP contribution in [-0.2, 0) is 16.2 Å². The van der Waals surface area contributed by atoms with Crippen molar-refractivity contribution < 1.29 is 8.83 Å². The molecule has 0 saturated heterocycles. The molecular formula is C60H53BN2O2. The van der Waals surface area contributed by atoms with E-state index in [2.05, 4.69) is 218 Å². The van der Waals surface area contributed by atoms with Gasteiger partial charge in [0.15, 0.2) is 5.58 Å². The molecule has 2 aliphatic heterocycles. The van der Waals surface area contributed by atoms with E-state index in [1.807, 2.05) is 12.1 Å². The number of hydrogen-bond acceptors (Lipinski definition) is 4. The van der Waals surface area contributed by atoms with Crippen molar-refractivity contribution in [2.45, 2.75) is 78.6 Å². The summed E-state index contributed by atoms with van der Waals surface area (Å²) in [6.07, 6.45) is 0. The van der Waals surface area contributed by atoms with Crippen LogP contribution >= 0.6 is 0 Å². The number of rotatable bonds is 3. The second-order valence-corrected chi connectivity index (χ2v) is 21.4. The average molecular weight is 845 g/mol. The number of anilines is 6. The van der Waals surface area contributed by atoms with Gasteiger partial charge in [-0.3, -0.25) is 0 Å². The van der Waals surface area contributed by atoms with Gasteiger partial charge in [-0.2, -0.15) is 0 Å². The molecular weight excluding hydrogens is 791 g/mol. The molecule has 12 rings (SSSR count). The Morgan fingerprint density at radius 1 is 0.369 bits per heavy atom. The SMILES string of the molecule is CC(C)(C)c1ccc2c(c1)B1c3cc(C(C)(C)C)ccc3N(c3cccc4c3oc3ccccc34)c3cc(C(C)(C)C)cc(c31)N2c1ccc(-c2ccc3oc4ccccc4c3c2)cc1. The molecule has 0 bridgehead atoms. The van der Waals surface area contributed by atoms with E-state index in [9.17, 15) is 0 Å². The topological polar surface area (TPSA) is 32.8 Å². The molecule has 0 fully saturated rings. The molecule has 2 aromatic heterocycles. The predicted molar refractivity (Wildman–Crippen MR) is 277 cm³/mol. The third kappa shape index (κ3) is 6.12. The highest BCUT2D eigenvalue weighted by molar-refractivity contribution is 7.00. The summed E-state index contributed by atoms with van der Waals surface area (Å²) in [5, 5.41) is 4.52. The van der Waals surface area contributed by atoms with Crippen molar-refractivity contribution in [3.05, 3.63) is 174 Å². The maximum atomic E-state index is 6.87. The van der Waals surface area contributed by atoms with Crippen molar-refractivity contribution in [2.75, 3.05) is 9.80 Å². The second kappa shape index (κ2) is 13.8. The van der Waals surface area contributed by atoms with Crippen molar-refractivity contribution in [2.24, 2.45) is 0 Å². The fraction of sp³-hybridized carbons (Fsp3) is 0.200. The third-order valence-electron chi connectivity index (χ3n) is 14.1. The monoisotopic (exact) mass is 844 g/mol. The molecule has 0 N–H and O–H groups in total. The van der Waals surface area contributed by atoms with Gasteiger partial charge in [0.25, 0.3) is 6.71 Å². The fourth-order valence-corrected chi connectivity index (χ4v) is 10.5. The van der Waals surface area contributed by atoms with Crippen LogP contribution in [-0.4, -0.2) is 6.71 Å². The molecule has 0 atom stereocenters. The molecule has 318 valence electrons. The predicted octanol–water partition coefficient (Wildman–Crippen LogP) is 15.1. The van der Waals surface area contributed by atoms with Gasteiger partial charge >= 0.3 is 0 Å². The fourth-order valence-electron chi connectivity index (χ4n) is 10.5. The summed E-state index contributed by atoms with van der Waals surface area (Å²) in [6.45, 7) is 21.0. The van der Waals surface area contributed by atoms with Crippen LogP contribution in [0.2, 0.25) is 0 Å². The van der Waals surface area contributed by atoms with Crippen molar-refractivity contribution in [1.29, 1.82) is 0 Å². The molecule has 0 spiro atoms. The maximum absolute atomic E-state index is 6.87. The van der Waals surface area contributed by atoms with Crippen LogP contribution in [0.1, 0.15) is 79.0 Å². The Balaban J connectivity index is 1.13. The van der Waals surface area contributed by atoms with Crippen LogP contribution in [0.4, 0.5) is 34.1 Å². The zero-order chi connectivity index (χ0) is 44.7. The van der Waals surface area contributed by atoms with Gasteiger partial charge in [0.1, 0.15) is 16.7 Å². The van der Waals surface area contributed by atoms with Crippen molar-refractivity contribution in [3.8, 4) is 11.1 Å². The Kier molecular flexibility index (Phi) is 8.39. The summed E-state index contributed by atoms with van der Waals surface area (Å²) in [6, 6.07) is 58.6. The Labute approximate surface area is 382 Å². The van der Waals surface area contributed by atoms with E-state index in [4.69, 9.17) is 8.83 Å². The number of para-hydroxylation sites is 3. The lowest BCUT2D eigenvalue weighted by molar-refractivity contribution is 0.590. The number of fused-ring (bicyclic) bond motifs is 10. The largest absolute Gasteiger partial charge is 0.456 e. The number of furan rings is 2. The van der Waals surface area contributed by atoms with Gasteiger partial charge in [0, 0.05) is 50.0 Å². The molecule has 10 aromatic rings. The van der Waals surface area contributed by atoms with E-state index in [-0.39, 0.29) is 23.0 Å². The average Bonchev–Trinajstić information content (AvgIpc) is 3.86. The summed E-state index contributed by atoms with van der Waals surface area (Å²) in [4.78, 5) is 5.06. The van der Waals surface area contributed by atoms with Gasteiger partial charge < -0.3 is 18.6 Å². The van der Waals surface area contributed by atoms with Crippen molar-refractivity contribution >= 4 is 101 Å². The molecule has 2 aliphatic rings. The van der Waals surface area contributed by atoms with Gasteiger partial charge in [-0.1, -0.05) is 153 Å². The van der Waals surface area contributed by atoms with Gasteiger partial charge in [0.2, 0.25) is 0 Å². The summed E-state index contributed by atoms with van der Waals surface area (Å²) in [5.41, 5.74) is 20.6. The van der Waals surface area contributed by atoms with Gasteiger partial charge in [-0.05, 0) is 127 Å². The number of hydrogen-bond donors (Lipinski definition) is 0. The van der Waals surface area contributed by atoms with E-state index in [1.165, 1.54) is 67.0 Å².